The smallest absolute Gasteiger partial charge is 0 e. The van der Waals surface area contributed by atoms with Crippen LogP contribution in [0.25, 0.3) is 0 Å². The monoisotopic (exact) mass is 143 g/mol. The Morgan fingerprint density at radius 2 is 0.500 bits per heavy atom. The molecule has 4 heteroatoms. The second kappa shape index (κ2) is 15.7. The van der Waals surface area contributed by atoms with Gasteiger partial charge < -0.3 is 0 Å². The summed E-state index contributed by atoms with van der Waals surface area (Å²) in [6, 6.07) is 0. The fraction of sp³-hybridized carbons (Fsp3) is 0. The number of hydrogen-bond donors (Lipinski definition) is 0. The minimum atomic E-state index is 0. The second-order valence-corrected chi connectivity index (χ2v) is 0. The van der Waals surface area contributed by atoms with Crippen molar-refractivity contribution < 1.29 is 0 Å². The topological polar surface area (TPSA) is 0 Å². The molecule has 0 aliphatic carbocycles. The molecule has 0 aromatic heterocycles. The van der Waals surface area contributed by atoms with Gasteiger partial charge in [-0.25, -0.2) is 0 Å². The van der Waals surface area contributed by atoms with E-state index in [-0.39, 0.29) is 143 Å². The van der Waals surface area contributed by atoms with E-state index in [2.05, 4.69) is 0 Å². The van der Waals surface area contributed by atoms with Gasteiger partial charge in [0, 0.05) is 143 Å². The van der Waals surface area contributed by atoms with Gasteiger partial charge in [0.1, 0.15) is 0 Å². The zero-order valence-corrected chi connectivity index (χ0v) is 11.7. The van der Waals surface area contributed by atoms with Crippen molar-refractivity contribution in [2.24, 2.45) is 0 Å². The van der Waals surface area contributed by atoms with Gasteiger partial charge in [0.25, 0.3) is 0 Å². The van der Waals surface area contributed by atoms with E-state index < -0.39 is 0 Å². The molecule has 0 heterocycles. The SMILES string of the molecule is [Ca].[Ca].[Ca].[Na]. The van der Waals surface area contributed by atoms with Crippen molar-refractivity contribution in [2.75, 3.05) is 0 Å². The molecule has 4 heavy (non-hydrogen) atoms. The van der Waals surface area contributed by atoms with Crippen LogP contribution in [0.5, 0.6) is 0 Å². The molecule has 7 valence electrons. The van der Waals surface area contributed by atoms with Gasteiger partial charge in [-0.2, -0.15) is 0 Å². The first-order valence-corrected chi connectivity index (χ1v) is 0. The molecular formula is Ca3Na. The standard InChI is InChI=1S/3Ca.Na. The summed E-state index contributed by atoms with van der Waals surface area (Å²) in [5.74, 6) is 0. The van der Waals surface area contributed by atoms with Crippen molar-refractivity contribution in [1.82, 2.24) is 0 Å². The molecule has 0 N–H and O–H groups in total. The Kier molecular flexibility index (Phi) is 91.0. The van der Waals surface area contributed by atoms with Gasteiger partial charge >= 0.3 is 0 Å². The van der Waals surface area contributed by atoms with Crippen molar-refractivity contribution in [3.63, 3.8) is 0 Å². The van der Waals surface area contributed by atoms with E-state index in [0.717, 1.165) is 0 Å². The van der Waals surface area contributed by atoms with Crippen LogP contribution >= 0.6 is 0 Å². The van der Waals surface area contributed by atoms with E-state index in [1.165, 1.54) is 0 Å². The Hall–Kier alpha value is 4.78. The predicted octanol–water partition coefficient (Wildman–Crippen LogP) is -1.52. The molecule has 0 aliphatic heterocycles. The molecule has 0 saturated heterocycles. The van der Waals surface area contributed by atoms with E-state index in [0.29, 0.717) is 0 Å². The molecule has 0 aliphatic rings. The van der Waals surface area contributed by atoms with Crippen molar-refractivity contribution in [3.8, 4) is 0 Å². The van der Waals surface area contributed by atoms with Gasteiger partial charge in [0.2, 0.25) is 0 Å². The molecule has 0 aromatic rings. The average Bonchev–Trinajstić information content (AvgIpc) is 0. The van der Waals surface area contributed by atoms with Crippen LogP contribution in [-0.2, 0) is 0 Å². The number of hydrogen-bond acceptors (Lipinski definition) is 0. The molecule has 0 unspecified atom stereocenters. The van der Waals surface area contributed by atoms with Crippen molar-refractivity contribution in [1.29, 1.82) is 0 Å². The van der Waals surface area contributed by atoms with Gasteiger partial charge in [-0.15, -0.1) is 0 Å². The minimum Gasteiger partial charge on any atom is 0 e. The first-order chi connectivity index (χ1) is 0. The van der Waals surface area contributed by atoms with Crippen molar-refractivity contribution >= 4 is 143 Å². The summed E-state index contributed by atoms with van der Waals surface area (Å²) in [4.78, 5) is 0. The van der Waals surface area contributed by atoms with Crippen LogP contribution in [0, 0.1) is 0 Å². The van der Waals surface area contributed by atoms with Crippen LogP contribution in [0.4, 0.5) is 0 Å². The number of rotatable bonds is 0. The zero-order valence-electron chi connectivity index (χ0n) is 3.12. The Bertz CT molecular complexity index is 3.25. The summed E-state index contributed by atoms with van der Waals surface area (Å²) in [6.45, 7) is 0. The fourth-order valence-electron chi connectivity index (χ4n) is 0. The quantitative estimate of drug-likeness (QED) is 0.361. The largest absolute Gasteiger partial charge is 0 e. The van der Waals surface area contributed by atoms with Crippen LogP contribution in [0.3, 0.4) is 0 Å². The van der Waals surface area contributed by atoms with Crippen LogP contribution in [0.15, 0.2) is 0 Å². The molecule has 0 bridgehead atoms. The van der Waals surface area contributed by atoms with Gasteiger partial charge in [-0.3, -0.25) is 0 Å². The normalized spacial score (nSPS) is 0. The van der Waals surface area contributed by atoms with Gasteiger partial charge in [-0.05, 0) is 0 Å². The third-order valence-electron chi connectivity index (χ3n) is 0. The Balaban J connectivity index is 0. The van der Waals surface area contributed by atoms with E-state index >= 15 is 0 Å². The van der Waals surface area contributed by atoms with E-state index in [4.69, 9.17) is 0 Å². The van der Waals surface area contributed by atoms with Gasteiger partial charge in [0.15, 0.2) is 0 Å². The van der Waals surface area contributed by atoms with Gasteiger partial charge in [-0.1, -0.05) is 0 Å². The third kappa shape index (κ3) is 9.91. The Morgan fingerprint density at radius 3 is 0.500 bits per heavy atom. The summed E-state index contributed by atoms with van der Waals surface area (Å²) in [6.07, 6.45) is 0. The Labute approximate surface area is 138 Å². The summed E-state index contributed by atoms with van der Waals surface area (Å²) >= 11 is 0. The second-order valence-electron chi connectivity index (χ2n) is 0. The fourth-order valence-corrected chi connectivity index (χ4v) is 0. The predicted molar refractivity (Wildman–Crippen MR) is 23.0 cm³/mol. The summed E-state index contributed by atoms with van der Waals surface area (Å²) in [7, 11) is 0. The maximum atomic E-state index is 0. The minimum absolute atomic E-state index is 0. The third-order valence-corrected chi connectivity index (χ3v) is 0. The zero-order chi connectivity index (χ0) is 0. The molecule has 0 amide bonds. The molecule has 0 atom stereocenters. The Morgan fingerprint density at radius 1 is 0.500 bits per heavy atom. The van der Waals surface area contributed by atoms with E-state index in [9.17, 15) is 0 Å². The first kappa shape index (κ1) is 23.3. The maximum Gasteiger partial charge on any atom is 0 e. The van der Waals surface area contributed by atoms with Crippen LogP contribution in [-0.4, -0.2) is 143 Å². The van der Waals surface area contributed by atoms with Crippen LogP contribution in [0.1, 0.15) is 0 Å². The molecular weight excluding hydrogens is 143 g/mol. The molecule has 7 radical (unpaired) electrons. The molecule has 0 aromatic carbocycles. The maximum absolute atomic E-state index is 0. The van der Waals surface area contributed by atoms with Crippen LogP contribution in [0.2, 0.25) is 0 Å². The molecule has 0 nitrogen and oxygen atoms in total. The summed E-state index contributed by atoms with van der Waals surface area (Å²) in [5.41, 5.74) is 0. The van der Waals surface area contributed by atoms with E-state index in [1.54, 1.807) is 0 Å². The van der Waals surface area contributed by atoms with Gasteiger partial charge in [0.05, 0.1) is 0 Å². The molecule has 0 saturated carbocycles. The van der Waals surface area contributed by atoms with Crippen molar-refractivity contribution in [2.45, 2.75) is 0 Å². The van der Waals surface area contributed by atoms with Crippen molar-refractivity contribution in [3.05, 3.63) is 0 Å². The first-order valence-electron chi connectivity index (χ1n) is 0. The molecule has 0 spiro atoms. The van der Waals surface area contributed by atoms with E-state index in [1.807, 2.05) is 0 Å². The molecule has 0 rings (SSSR count). The molecule has 0 fully saturated rings. The average molecular weight is 143 g/mol. The summed E-state index contributed by atoms with van der Waals surface area (Å²) in [5, 5.41) is 0. The summed E-state index contributed by atoms with van der Waals surface area (Å²) < 4.78 is 0. The van der Waals surface area contributed by atoms with Crippen LogP contribution < -0.4 is 0 Å².